The summed E-state index contributed by atoms with van der Waals surface area (Å²) in [6.45, 7) is 1.87. The lowest BCUT2D eigenvalue weighted by Gasteiger charge is -2.00. The number of aromatic carboxylic acids is 1. The Morgan fingerprint density at radius 3 is 2.95 bits per heavy atom. The van der Waals surface area contributed by atoms with Gasteiger partial charge in [0.1, 0.15) is 5.75 Å². The Bertz CT molecular complexity index is 631. The van der Waals surface area contributed by atoms with Gasteiger partial charge in [0.05, 0.1) is 11.1 Å². The van der Waals surface area contributed by atoms with Crippen LogP contribution in [0.25, 0.3) is 11.4 Å². The van der Waals surface area contributed by atoms with Gasteiger partial charge in [-0.1, -0.05) is 17.3 Å². The van der Waals surface area contributed by atoms with Crippen molar-refractivity contribution in [3.05, 3.63) is 41.8 Å². The molecule has 2 rings (SSSR count). The monoisotopic (exact) mass is 260 g/mol. The SMILES string of the molecule is C/C=C/Cc1nc(-c2cc(C(=O)O)ccc2O)no1. The Morgan fingerprint density at radius 1 is 1.47 bits per heavy atom. The summed E-state index contributed by atoms with van der Waals surface area (Å²) < 4.78 is 5.01. The van der Waals surface area contributed by atoms with Gasteiger partial charge in [0.15, 0.2) is 0 Å². The summed E-state index contributed by atoms with van der Waals surface area (Å²) in [7, 11) is 0. The van der Waals surface area contributed by atoms with Gasteiger partial charge >= 0.3 is 5.97 Å². The van der Waals surface area contributed by atoms with Crippen LogP contribution >= 0.6 is 0 Å². The summed E-state index contributed by atoms with van der Waals surface area (Å²) in [5, 5.41) is 22.4. The quantitative estimate of drug-likeness (QED) is 0.818. The largest absolute Gasteiger partial charge is 0.507 e. The summed E-state index contributed by atoms with van der Waals surface area (Å²) in [4.78, 5) is 15.0. The highest BCUT2D eigenvalue weighted by Crippen LogP contribution is 2.28. The Balaban J connectivity index is 2.37. The van der Waals surface area contributed by atoms with Crippen molar-refractivity contribution in [2.45, 2.75) is 13.3 Å². The first-order valence-corrected chi connectivity index (χ1v) is 5.62. The standard InChI is InChI=1S/C13H12N2O4/c1-2-3-4-11-14-12(15-19-11)9-7-8(13(17)18)5-6-10(9)16/h2-3,5-7,16H,4H2,1H3,(H,17,18)/b3-2+. The van der Waals surface area contributed by atoms with Gasteiger partial charge < -0.3 is 14.7 Å². The summed E-state index contributed by atoms with van der Waals surface area (Å²) in [6, 6.07) is 3.91. The second-order valence-corrected chi connectivity index (χ2v) is 3.82. The minimum absolute atomic E-state index is 0.0487. The molecule has 19 heavy (non-hydrogen) atoms. The lowest BCUT2D eigenvalue weighted by molar-refractivity contribution is 0.0697. The molecule has 0 aliphatic heterocycles. The van der Waals surface area contributed by atoms with Gasteiger partial charge in [-0.15, -0.1) is 0 Å². The van der Waals surface area contributed by atoms with Crippen LogP contribution in [0.2, 0.25) is 0 Å². The summed E-state index contributed by atoms with van der Waals surface area (Å²) >= 11 is 0. The molecule has 0 amide bonds. The Morgan fingerprint density at radius 2 is 2.26 bits per heavy atom. The number of rotatable bonds is 4. The molecule has 0 bridgehead atoms. The number of carboxylic acids is 1. The van der Waals surface area contributed by atoms with E-state index in [2.05, 4.69) is 10.1 Å². The molecule has 0 saturated heterocycles. The van der Waals surface area contributed by atoms with Gasteiger partial charge in [-0.3, -0.25) is 0 Å². The van der Waals surface area contributed by atoms with Gasteiger partial charge in [0, 0.05) is 6.42 Å². The zero-order chi connectivity index (χ0) is 13.8. The average Bonchev–Trinajstić information content (AvgIpc) is 2.85. The molecular weight excluding hydrogens is 248 g/mol. The van der Waals surface area contributed by atoms with E-state index < -0.39 is 5.97 Å². The third-order valence-corrected chi connectivity index (χ3v) is 2.48. The van der Waals surface area contributed by atoms with Crippen molar-refractivity contribution in [1.82, 2.24) is 10.1 Å². The summed E-state index contributed by atoms with van der Waals surface area (Å²) in [5.74, 6) is -0.615. The maximum Gasteiger partial charge on any atom is 0.335 e. The van der Waals surface area contributed by atoms with Crippen molar-refractivity contribution >= 4 is 5.97 Å². The highest BCUT2D eigenvalue weighted by Gasteiger charge is 2.14. The first-order valence-electron chi connectivity index (χ1n) is 5.62. The Hall–Kier alpha value is -2.63. The van der Waals surface area contributed by atoms with Gasteiger partial charge in [0.2, 0.25) is 11.7 Å². The third-order valence-electron chi connectivity index (χ3n) is 2.48. The average molecular weight is 260 g/mol. The minimum atomic E-state index is -1.08. The number of hydrogen-bond donors (Lipinski definition) is 2. The van der Waals surface area contributed by atoms with E-state index in [0.29, 0.717) is 12.3 Å². The van der Waals surface area contributed by atoms with Gasteiger partial charge in [-0.2, -0.15) is 4.98 Å². The van der Waals surface area contributed by atoms with E-state index in [0.717, 1.165) is 0 Å². The lowest BCUT2D eigenvalue weighted by Crippen LogP contribution is -1.96. The van der Waals surface area contributed by atoms with Crippen LogP contribution in [-0.4, -0.2) is 26.3 Å². The molecule has 1 aromatic carbocycles. The molecule has 1 heterocycles. The molecule has 0 fully saturated rings. The van der Waals surface area contributed by atoms with E-state index in [9.17, 15) is 9.90 Å². The van der Waals surface area contributed by atoms with E-state index in [1.165, 1.54) is 18.2 Å². The second-order valence-electron chi connectivity index (χ2n) is 3.82. The van der Waals surface area contributed by atoms with Crippen LogP contribution in [-0.2, 0) is 6.42 Å². The highest BCUT2D eigenvalue weighted by atomic mass is 16.5. The van der Waals surface area contributed by atoms with Crippen LogP contribution in [0, 0.1) is 0 Å². The molecule has 0 spiro atoms. The molecule has 0 unspecified atom stereocenters. The maximum atomic E-state index is 10.9. The van der Waals surface area contributed by atoms with Gasteiger partial charge in [-0.25, -0.2) is 4.79 Å². The van der Waals surface area contributed by atoms with Crippen molar-refractivity contribution in [1.29, 1.82) is 0 Å². The van der Waals surface area contributed by atoms with Gasteiger partial charge in [0.25, 0.3) is 0 Å². The maximum absolute atomic E-state index is 10.9. The smallest absolute Gasteiger partial charge is 0.335 e. The molecule has 1 aromatic heterocycles. The molecule has 0 radical (unpaired) electrons. The number of benzene rings is 1. The van der Waals surface area contributed by atoms with E-state index in [1.54, 1.807) is 0 Å². The molecule has 2 aromatic rings. The number of nitrogens with zero attached hydrogens (tertiary/aromatic N) is 2. The van der Waals surface area contributed by atoms with E-state index in [1.807, 2.05) is 19.1 Å². The fraction of sp³-hybridized carbons (Fsp3) is 0.154. The van der Waals surface area contributed by atoms with E-state index in [4.69, 9.17) is 9.63 Å². The van der Waals surface area contributed by atoms with Crippen LogP contribution in [0.1, 0.15) is 23.2 Å². The highest BCUT2D eigenvalue weighted by molar-refractivity contribution is 5.89. The van der Waals surface area contributed by atoms with Crippen molar-refractivity contribution in [3.8, 4) is 17.1 Å². The van der Waals surface area contributed by atoms with Crippen LogP contribution in [0.5, 0.6) is 5.75 Å². The fourth-order valence-corrected chi connectivity index (χ4v) is 1.51. The van der Waals surface area contributed by atoms with Crippen LogP contribution in [0.15, 0.2) is 34.9 Å². The zero-order valence-corrected chi connectivity index (χ0v) is 10.2. The predicted octanol–water partition coefficient (Wildman–Crippen LogP) is 2.26. The number of carbonyl (C=O) groups is 1. The molecule has 98 valence electrons. The number of phenolic OH excluding ortho intramolecular Hbond substituents is 1. The summed E-state index contributed by atoms with van der Waals surface area (Å²) in [5.41, 5.74) is 0.281. The van der Waals surface area contributed by atoms with Crippen molar-refractivity contribution in [3.63, 3.8) is 0 Å². The molecular formula is C13H12N2O4. The first kappa shape index (κ1) is 12.8. The number of allylic oxidation sites excluding steroid dienone is 2. The molecule has 0 aliphatic carbocycles. The number of aromatic hydroxyl groups is 1. The molecule has 0 aliphatic rings. The van der Waals surface area contributed by atoms with Crippen LogP contribution in [0.3, 0.4) is 0 Å². The second kappa shape index (κ2) is 5.34. The molecule has 0 atom stereocenters. The number of phenols is 1. The normalized spacial score (nSPS) is 11.0. The van der Waals surface area contributed by atoms with E-state index in [-0.39, 0.29) is 22.7 Å². The molecule has 6 heteroatoms. The number of hydrogen-bond acceptors (Lipinski definition) is 5. The van der Waals surface area contributed by atoms with Crippen molar-refractivity contribution < 1.29 is 19.5 Å². The third kappa shape index (κ3) is 2.79. The zero-order valence-electron chi connectivity index (χ0n) is 10.2. The molecule has 6 nitrogen and oxygen atoms in total. The van der Waals surface area contributed by atoms with Crippen molar-refractivity contribution in [2.75, 3.05) is 0 Å². The van der Waals surface area contributed by atoms with Crippen LogP contribution < -0.4 is 0 Å². The Labute approximate surface area is 109 Å². The lowest BCUT2D eigenvalue weighted by atomic mass is 10.1. The van der Waals surface area contributed by atoms with Crippen LogP contribution in [0.4, 0.5) is 0 Å². The Kier molecular flexibility index (Phi) is 3.61. The van der Waals surface area contributed by atoms with Gasteiger partial charge in [-0.05, 0) is 25.1 Å². The topological polar surface area (TPSA) is 96.5 Å². The first-order chi connectivity index (χ1) is 9.11. The molecule has 0 saturated carbocycles. The number of carboxylic acid groups (broad SMARTS) is 1. The van der Waals surface area contributed by atoms with E-state index >= 15 is 0 Å². The summed E-state index contributed by atoms with van der Waals surface area (Å²) in [6.07, 6.45) is 4.19. The van der Waals surface area contributed by atoms with Crippen molar-refractivity contribution in [2.24, 2.45) is 0 Å². The predicted molar refractivity (Wildman–Crippen MR) is 66.9 cm³/mol. The minimum Gasteiger partial charge on any atom is -0.507 e. The number of aromatic nitrogens is 2. The molecule has 2 N–H and O–H groups in total. The fourth-order valence-electron chi connectivity index (χ4n) is 1.51.